The molecule has 0 amide bonds. The Hall–Kier alpha value is -1.51. The molecule has 2 N–H and O–H groups in total. The van der Waals surface area contributed by atoms with Gasteiger partial charge in [0, 0.05) is 6.54 Å². The van der Waals surface area contributed by atoms with Crippen LogP contribution in [0.3, 0.4) is 0 Å². The summed E-state index contributed by atoms with van der Waals surface area (Å²) in [5, 5.41) is 0.606. The minimum absolute atomic E-state index is 0.535. The lowest BCUT2D eigenvalue weighted by molar-refractivity contribution is 0.479. The summed E-state index contributed by atoms with van der Waals surface area (Å²) in [5.41, 5.74) is 7.72. The zero-order valence-corrected chi connectivity index (χ0v) is 10.4. The van der Waals surface area contributed by atoms with Gasteiger partial charge in [-0.05, 0) is 36.2 Å². The Morgan fingerprint density at radius 1 is 1.12 bits per heavy atom. The van der Waals surface area contributed by atoms with Gasteiger partial charge in [0.25, 0.3) is 0 Å². The van der Waals surface area contributed by atoms with Gasteiger partial charge >= 0.3 is 0 Å². The highest BCUT2D eigenvalue weighted by Crippen LogP contribution is 2.30. The molecule has 88 valence electrons. The molecule has 0 aliphatic heterocycles. The van der Waals surface area contributed by atoms with Gasteiger partial charge in [0.2, 0.25) is 0 Å². The molecule has 2 aromatic carbocycles. The van der Waals surface area contributed by atoms with Crippen molar-refractivity contribution in [1.82, 2.24) is 0 Å². The van der Waals surface area contributed by atoms with Gasteiger partial charge in [0.15, 0.2) is 0 Å². The fourth-order valence-corrected chi connectivity index (χ4v) is 1.77. The molecule has 0 bridgehead atoms. The first kappa shape index (κ1) is 12.0. The number of para-hydroxylation sites is 1. The van der Waals surface area contributed by atoms with Crippen molar-refractivity contribution in [2.45, 2.75) is 13.5 Å². The van der Waals surface area contributed by atoms with Crippen molar-refractivity contribution in [2.75, 3.05) is 0 Å². The largest absolute Gasteiger partial charge is 0.456 e. The van der Waals surface area contributed by atoms with Crippen LogP contribution >= 0.6 is 11.6 Å². The van der Waals surface area contributed by atoms with E-state index >= 15 is 0 Å². The summed E-state index contributed by atoms with van der Waals surface area (Å²) in [7, 11) is 0. The van der Waals surface area contributed by atoms with Crippen LogP contribution in [-0.4, -0.2) is 0 Å². The van der Waals surface area contributed by atoms with E-state index in [9.17, 15) is 0 Å². The van der Waals surface area contributed by atoms with E-state index in [2.05, 4.69) is 0 Å². The summed E-state index contributed by atoms with van der Waals surface area (Å²) >= 11 is 6.04. The zero-order chi connectivity index (χ0) is 12.3. The molecule has 0 fully saturated rings. The van der Waals surface area contributed by atoms with E-state index in [0.717, 1.165) is 16.9 Å². The first-order valence-electron chi connectivity index (χ1n) is 5.42. The molecule has 2 rings (SSSR count). The van der Waals surface area contributed by atoms with Crippen LogP contribution in [0.4, 0.5) is 0 Å². The molecule has 0 spiro atoms. The second-order valence-corrected chi connectivity index (χ2v) is 4.24. The standard InChI is InChI=1S/C14H14ClNO/c1-10-8-11(9-16)6-7-13(10)17-14-5-3-2-4-12(14)15/h2-8H,9,16H2,1H3. The minimum atomic E-state index is 0.535. The summed E-state index contributed by atoms with van der Waals surface area (Å²) in [6.07, 6.45) is 0. The number of rotatable bonds is 3. The number of halogens is 1. The maximum absolute atomic E-state index is 6.04. The molecule has 0 heterocycles. The lowest BCUT2D eigenvalue weighted by Crippen LogP contribution is -1.97. The van der Waals surface area contributed by atoms with E-state index in [1.165, 1.54) is 0 Å². The van der Waals surface area contributed by atoms with Crippen LogP contribution in [0.1, 0.15) is 11.1 Å². The van der Waals surface area contributed by atoms with Crippen LogP contribution in [0.2, 0.25) is 5.02 Å². The first-order valence-corrected chi connectivity index (χ1v) is 5.80. The van der Waals surface area contributed by atoms with Crippen molar-refractivity contribution in [3.05, 3.63) is 58.6 Å². The second kappa shape index (κ2) is 5.21. The van der Waals surface area contributed by atoms with Gasteiger partial charge in [-0.15, -0.1) is 0 Å². The quantitative estimate of drug-likeness (QED) is 0.893. The average molecular weight is 248 g/mol. The molecule has 2 nitrogen and oxygen atoms in total. The topological polar surface area (TPSA) is 35.2 Å². The van der Waals surface area contributed by atoms with Gasteiger partial charge in [-0.25, -0.2) is 0 Å². The Kier molecular flexibility index (Phi) is 3.67. The van der Waals surface area contributed by atoms with Crippen LogP contribution in [-0.2, 0) is 6.54 Å². The third-order valence-electron chi connectivity index (χ3n) is 2.53. The summed E-state index contributed by atoms with van der Waals surface area (Å²) in [5.74, 6) is 1.47. The van der Waals surface area contributed by atoms with Crippen LogP contribution in [0.25, 0.3) is 0 Å². The van der Waals surface area contributed by atoms with Crippen LogP contribution in [0.15, 0.2) is 42.5 Å². The Morgan fingerprint density at radius 2 is 1.88 bits per heavy atom. The number of benzene rings is 2. The molecule has 0 aliphatic rings. The summed E-state index contributed by atoms with van der Waals surface area (Å²) in [6.45, 7) is 2.53. The lowest BCUT2D eigenvalue weighted by Gasteiger charge is -2.10. The van der Waals surface area contributed by atoms with Crippen LogP contribution in [0.5, 0.6) is 11.5 Å². The predicted molar refractivity (Wildman–Crippen MR) is 70.6 cm³/mol. The molecular weight excluding hydrogens is 234 g/mol. The molecule has 2 aromatic rings. The zero-order valence-electron chi connectivity index (χ0n) is 9.61. The maximum Gasteiger partial charge on any atom is 0.146 e. The lowest BCUT2D eigenvalue weighted by atomic mass is 10.1. The van der Waals surface area contributed by atoms with Gasteiger partial charge in [-0.1, -0.05) is 35.9 Å². The van der Waals surface area contributed by atoms with Gasteiger partial charge in [-0.3, -0.25) is 0 Å². The maximum atomic E-state index is 6.04. The smallest absolute Gasteiger partial charge is 0.146 e. The van der Waals surface area contributed by atoms with E-state index in [1.807, 2.05) is 43.3 Å². The molecule has 0 saturated carbocycles. The van der Waals surface area contributed by atoms with Crippen molar-refractivity contribution < 1.29 is 4.74 Å². The van der Waals surface area contributed by atoms with Crippen molar-refractivity contribution in [1.29, 1.82) is 0 Å². The van der Waals surface area contributed by atoms with E-state index < -0.39 is 0 Å². The summed E-state index contributed by atoms with van der Waals surface area (Å²) in [6, 6.07) is 13.3. The number of hydrogen-bond acceptors (Lipinski definition) is 2. The fraction of sp³-hybridized carbons (Fsp3) is 0.143. The molecule has 0 radical (unpaired) electrons. The molecule has 0 unspecified atom stereocenters. The molecular formula is C14H14ClNO. The van der Waals surface area contributed by atoms with Crippen molar-refractivity contribution in [3.63, 3.8) is 0 Å². The Bertz CT molecular complexity index is 525. The Morgan fingerprint density at radius 3 is 2.53 bits per heavy atom. The molecule has 0 atom stereocenters. The van der Waals surface area contributed by atoms with Crippen molar-refractivity contribution in [2.24, 2.45) is 5.73 Å². The second-order valence-electron chi connectivity index (χ2n) is 3.84. The molecule has 3 heteroatoms. The van der Waals surface area contributed by atoms with Crippen LogP contribution < -0.4 is 10.5 Å². The van der Waals surface area contributed by atoms with Gasteiger partial charge in [-0.2, -0.15) is 0 Å². The first-order chi connectivity index (χ1) is 8.20. The highest BCUT2D eigenvalue weighted by molar-refractivity contribution is 6.32. The van der Waals surface area contributed by atoms with E-state index in [0.29, 0.717) is 17.3 Å². The number of nitrogens with two attached hydrogens (primary N) is 1. The highest BCUT2D eigenvalue weighted by Gasteiger charge is 2.05. The molecule has 17 heavy (non-hydrogen) atoms. The van der Waals surface area contributed by atoms with E-state index in [-0.39, 0.29) is 0 Å². The Balaban J connectivity index is 2.28. The normalized spacial score (nSPS) is 10.3. The third-order valence-corrected chi connectivity index (χ3v) is 2.84. The number of aryl methyl sites for hydroxylation is 1. The number of hydrogen-bond donors (Lipinski definition) is 1. The number of ether oxygens (including phenoxy) is 1. The van der Waals surface area contributed by atoms with Crippen LogP contribution in [0, 0.1) is 6.92 Å². The summed E-state index contributed by atoms with van der Waals surface area (Å²) < 4.78 is 5.77. The van der Waals surface area contributed by atoms with Crippen molar-refractivity contribution in [3.8, 4) is 11.5 Å². The molecule has 0 aromatic heterocycles. The fourth-order valence-electron chi connectivity index (χ4n) is 1.60. The third kappa shape index (κ3) is 2.78. The highest BCUT2D eigenvalue weighted by atomic mass is 35.5. The van der Waals surface area contributed by atoms with Crippen molar-refractivity contribution >= 4 is 11.6 Å². The summed E-state index contributed by atoms with van der Waals surface area (Å²) in [4.78, 5) is 0. The minimum Gasteiger partial charge on any atom is -0.456 e. The van der Waals surface area contributed by atoms with E-state index in [1.54, 1.807) is 6.07 Å². The Labute approximate surface area is 106 Å². The average Bonchev–Trinajstić information content (AvgIpc) is 2.34. The van der Waals surface area contributed by atoms with Gasteiger partial charge in [0.05, 0.1) is 5.02 Å². The van der Waals surface area contributed by atoms with E-state index in [4.69, 9.17) is 22.1 Å². The van der Waals surface area contributed by atoms with Gasteiger partial charge < -0.3 is 10.5 Å². The predicted octanol–water partition coefficient (Wildman–Crippen LogP) is 3.90. The molecule has 0 saturated heterocycles. The monoisotopic (exact) mass is 247 g/mol. The SMILES string of the molecule is Cc1cc(CN)ccc1Oc1ccccc1Cl. The molecule has 0 aliphatic carbocycles. The van der Waals surface area contributed by atoms with Gasteiger partial charge in [0.1, 0.15) is 11.5 Å².